The number of nitrogens with zero attached hydrogens (tertiary/aromatic N) is 2. The van der Waals surface area contributed by atoms with Crippen LogP contribution in [0.25, 0.3) is 0 Å². The molecule has 0 aromatic heterocycles. The average molecular weight is 543 g/mol. The molecular formula is C30H62N4O4. The number of nitrogens with two attached hydrogens (primary N) is 2. The summed E-state index contributed by atoms with van der Waals surface area (Å²) in [6.45, 7) is 15.9. The van der Waals surface area contributed by atoms with Gasteiger partial charge in [-0.2, -0.15) is 0 Å². The number of amides is 2. The van der Waals surface area contributed by atoms with Gasteiger partial charge < -0.3 is 30.7 Å². The largest absolute Gasteiger partial charge is 0.444 e. The first-order chi connectivity index (χ1) is 17.9. The Labute approximate surface area is 234 Å². The van der Waals surface area contributed by atoms with E-state index in [1.807, 2.05) is 51.3 Å². The summed E-state index contributed by atoms with van der Waals surface area (Å²) in [5, 5.41) is 0. The lowest BCUT2D eigenvalue weighted by molar-refractivity contribution is 0.0231. The van der Waals surface area contributed by atoms with Gasteiger partial charge in [-0.05, 0) is 93.2 Å². The van der Waals surface area contributed by atoms with Crippen LogP contribution in [0.15, 0.2) is 0 Å². The van der Waals surface area contributed by atoms with Gasteiger partial charge in [-0.1, -0.05) is 51.4 Å². The van der Waals surface area contributed by atoms with Crippen molar-refractivity contribution in [3.05, 3.63) is 0 Å². The first-order valence-corrected chi connectivity index (χ1v) is 15.3. The van der Waals surface area contributed by atoms with E-state index in [1.54, 1.807) is 0 Å². The molecular weight excluding hydrogens is 480 g/mol. The smallest absolute Gasteiger partial charge is 0.410 e. The Hall–Kier alpha value is -1.54. The Morgan fingerprint density at radius 3 is 0.947 bits per heavy atom. The highest BCUT2D eigenvalue weighted by atomic mass is 16.6. The molecule has 0 fully saturated rings. The number of rotatable bonds is 21. The van der Waals surface area contributed by atoms with Gasteiger partial charge in [0.15, 0.2) is 0 Å². The maximum absolute atomic E-state index is 12.7. The third-order valence-electron chi connectivity index (χ3n) is 6.17. The Morgan fingerprint density at radius 2 is 0.711 bits per heavy atom. The highest BCUT2D eigenvalue weighted by molar-refractivity contribution is 5.68. The molecule has 0 aromatic carbocycles. The molecule has 0 saturated heterocycles. The van der Waals surface area contributed by atoms with Crippen LogP contribution in [0.1, 0.15) is 131 Å². The summed E-state index contributed by atoms with van der Waals surface area (Å²) in [6, 6.07) is 0. The van der Waals surface area contributed by atoms with E-state index in [2.05, 4.69) is 0 Å². The fraction of sp³-hybridized carbons (Fsp3) is 0.933. The molecule has 38 heavy (non-hydrogen) atoms. The molecule has 0 spiro atoms. The second-order valence-electron chi connectivity index (χ2n) is 12.5. The van der Waals surface area contributed by atoms with Gasteiger partial charge in [0.05, 0.1) is 0 Å². The minimum Gasteiger partial charge on any atom is -0.444 e. The quantitative estimate of drug-likeness (QED) is 0.154. The summed E-state index contributed by atoms with van der Waals surface area (Å²) >= 11 is 0. The molecule has 226 valence electrons. The van der Waals surface area contributed by atoms with E-state index in [4.69, 9.17) is 20.9 Å². The normalized spacial score (nSPS) is 11.9. The number of carbonyl (C=O) groups is 2. The summed E-state index contributed by atoms with van der Waals surface area (Å²) in [4.78, 5) is 29.1. The van der Waals surface area contributed by atoms with E-state index in [0.29, 0.717) is 0 Å². The van der Waals surface area contributed by atoms with Gasteiger partial charge in [0.2, 0.25) is 0 Å². The summed E-state index contributed by atoms with van der Waals surface area (Å²) in [7, 11) is 0. The molecule has 0 rings (SSSR count). The number of carbonyl (C=O) groups excluding carboxylic acids is 2. The fourth-order valence-electron chi connectivity index (χ4n) is 4.16. The van der Waals surface area contributed by atoms with Gasteiger partial charge in [-0.15, -0.1) is 0 Å². The van der Waals surface area contributed by atoms with E-state index < -0.39 is 11.2 Å². The summed E-state index contributed by atoms with van der Waals surface area (Å²) in [5.41, 5.74) is 10.2. The van der Waals surface area contributed by atoms with Gasteiger partial charge in [-0.25, -0.2) is 9.59 Å². The van der Waals surface area contributed by atoms with E-state index in [-0.39, 0.29) is 12.2 Å². The minimum absolute atomic E-state index is 0.207. The van der Waals surface area contributed by atoms with Gasteiger partial charge in [0.1, 0.15) is 11.2 Å². The van der Waals surface area contributed by atoms with Gasteiger partial charge in [0.25, 0.3) is 0 Å². The molecule has 0 aromatic rings. The highest BCUT2D eigenvalue weighted by Gasteiger charge is 2.22. The highest BCUT2D eigenvalue weighted by Crippen LogP contribution is 2.15. The Balaban J connectivity index is 4.37. The molecule has 4 N–H and O–H groups in total. The van der Waals surface area contributed by atoms with Crippen molar-refractivity contribution in [3.63, 3.8) is 0 Å². The molecule has 0 saturated carbocycles. The number of hydrogen-bond acceptors (Lipinski definition) is 6. The van der Waals surface area contributed by atoms with E-state index in [0.717, 1.165) is 129 Å². The Morgan fingerprint density at radius 1 is 0.474 bits per heavy atom. The molecule has 0 unspecified atom stereocenters. The van der Waals surface area contributed by atoms with Crippen LogP contribution in [0, 0.1) is 0 Å². The second-order valence-corrected chi connectivity index (χ2v) is 12.5. The summed E-state index contributed by atoms with van der Waals surface area (Å²) in [5.74, 6) is 0. The average Bonchev–Trinajstić information content (AvgIpc) is 2.80. The predicted octanol–water partition coefficient (Wildman–Crippen LogP) is 6.84. The molecule has 0 heterocycles. The Kier molecular flexibility index (Phi) is 20.4. The summed E-state index contributed by atoms with van der Waals surface area (Å²) < 4.78 is 11.3. The maximum atomic E-state index is 12.7. The van der Waals surface area contributed by atoms with Crippen LogP contribution >= 0.6 is 0 Å². The molecule has 0 aliphatic heterocycles. The molecule has 8 heteroatoms. The van der Waals surface area contributed by atoms with E-state index >= 15 is 0 Å². The zero-order chi connectivity index (χ0) is 28.9. The minimum atomic E-state index is -0.480. The second kappa shape index (κ2) is 21.3. The lowest BCUT2D eigenvalue weighted by Gasteiger charge is -2.27. The van der Waals surface area contributed by atoms with Crippen LogP contribution in [0.3, 0.4) is 0 Å². The van der Waals surface area contributed by atoms with Crippen molar-refractivity contribution in [2.45, 2.75) is 143 Å². The van der Waals surface area contributed by atoms with Gasteiger partial charge in [0, 0.05) is 26.2 Å². The third-order valence-corrected chi connectivity index (χ3v) is 6.17. The molecule has 0 aliphatic rings. The molecule has 0 aliphatic carbocycles. The van der Waals surface area contributed by atoms with Gasteiger partial charge >= 0.3 is 12.2 Å². The summed E-state index contributed by atoms with van der Waals surface area (Å²) in [6.07, 6.45) is 14.4. The molecule has 0 bridgehead atoms. The zero-order valence-corrected chi connectivity index (χ0v) is 25.8. The van der Waals surface area contributed by atoms with Crippen LogP contribution in [0.5, 0.6) is 0 Å². The standard InChI is InChI=1S/C30H62N4O4/c1-29(2,3)37-27(35)33(25-19-13-9-15-21-31)23-17-11-7-8-12-18-24-34(26-20-14-10-16-22-32)28(36)38-30(4,5)6/h7-26,31-32H2,1-6H3. The van der Waals surface area contributed by atoms with Crippen molar-refractivity contribution in [2.75, 3.05) is 39.3 Å². The SMILES string of the molecule is CC(C)(C)OC(=O)N(CCCCCCN)CCCCCCCCN(CCCCCCN)C(=O)OC(C)(C)C. The van der Waals surface area contributed by atoms with Crippen molar-refractivity contribution >= 4 is 12.2 Å². The van der Waals surface area contributed by atoms with Crippen LogP contribution in [-0.4, -0.2) is 72.5 Å². The van der Waals surface area contributed by atoms with Crippen molar-refractivity contribution < 1.29 is 19.1 Å². The van der Waals surface area contributed by atoms with E-state index in [1.165, 1.54) is 0 Å². The topological polar surface area (TPSA) is 111 Å². The number of unbranched alkanes of at least 4 members (excludes halogenated alkanes) is 11. The third kappa shape index (κ3) is 22.4. The van der Waals surface area contributed by atoms with Crippen LogP contribution in [0.2, 0.25) is 0 Å². The van der Waals surface area contributed by atoms with E-state index in [9.17, 15) is 9.59 Å². The Bertz CT molecular complexity index is 550. The predicted molar refractivity (Wildman–Crippen MR) is 158 cm³/mol. The lowest BCUT2D eigenvalue weighted by Crippen LogP contribution is -2.38. The first kappa shape index (κ1) is 36.5. The van der Waals surface area contributed by atoms with Crippen molar-refractivity contribution in [1.29, 1.82) is 0 Å². The van der Waals surface area contributed by atoms with Crippen molar-refractivity contribution in [3.8, 4) is 0 Å². The lowest BCUT2D eigenvalue weighted by atomic mass is 10.1. The van der Waals surface area contributed by atoms with Crippen molar-refractivity contribution in [1.82, 2.24) is 9.80 Å². The fourth-order valence-corrected chi connectivity index (χ4v) is 4.16. The number of hydrogen-bond donors (Lipinski definition) is 2. The maximum Gasteiger partial charge on any atom is 0.410 e. The first-order valence-electron chi connectivity index (χ1n) is 15.3. The molecule has 0 atom stereocenters. The van der Waals surface area contributed by atoms with Crippen LogP contribution < -0.4 is 11.5 Å². The van der Waals surface area contributed by atoms with Crippen molar-refractivity contribution in [2.24, 2.45) is 11.5 Å². The molecule has 2 amide bonds. The zero-order valence-electron chi connectivity index (χ0n) is 25.8. The van der Waals surface area contributed by atoms with Gasteiger partial charge in [-0.3, -0.25) is 0 Å². The van der Waals surface area contributed by atoms with Crippen LogP contribution in [-0.2, 0) is 9.47 Å². The molecule has 0 radical (unpaired) electrons. The molecule has 8 nitrogen and oxygen atoms in total. The van der Waals surface area contributed by atoms with Crippen LogP contribution in [0.4, 0.5) is 9.59 Å². The number of ether oxygens (including phenoxy) is 2. The monoisotopic (exact) mass is 542 g/mol.